The van der Waals surface area contributed by atoms with Gasteiger partial charge in [0.2, 0.25) is 0 Å². The molecule has 4 aromatic rings. The standard InChI is InChI=1S/C26H23ClN4O2/c1-17-11-18(2)13-23(12-17)30-26(33)24-15-31(16-28-24)14-19-3-9-22(10-4-19)29-25(32)20-5-7-21(27)8-6-20/h3-13,15-16H,14H2,1-2H3,(H,29,32)(H,30,33). The van der Waals surface area contributed by atoms with E-state index in [1.165, 1.54) is 0 Å². The third kappa shape index (κ3) is 5.87. The molecule has 3 aromatic carbocycles. The average Bonchev–Trinajstić information content (AvgIpc) is 3.23. The van der Waals surface area contributed by atoms with Crippen molar-refractivity contribution in [2.75, 3.05) is 10.6 Å². The van der Waals surface area contributed by atoms with Gasteiger partial charge in [0.05, 0.1) is 6.33 Å². The van der Waals surface area contributed by atoms with Gasteiger partial charge >= 0.3 is 0 Å². The number of benzene rings is 3. The van der Waals surface area contributed by atoms with Crippen molar-refractivity contribution in [3.63, 3.8) is 0 Å². The van der Waals surface area contributed by atoms with Crippen LogP contribution in [-0.4, -0.2) is 21.4 Å². The SMILES string of the molecule is Cc1cc(C)cc(NC(=O)c2cn(Cc3ccc(NC(=O)c4ccc(Cl)cc4)cc3)cn2)c1. The van der Waals surface area contributed by atoms with Gasteiger partial charge in [-0.15, -0.1) is 0 Å². The molecule has 0 fully saturated rings. The summed E-state index contributed by atoms with van der Waals surface area (Å²) < 4.78 is 1.84. The van der Waals surface area contributed by atoms with E-state index in [9.17, 15) is 9.59 Å². The topological polar surface area (TPSA) is 76.0 Å². The first-order chi connectivity index (χ1) is 15.9. The number of imidazole rings is 1. The van der Waals surface area contributed by atoms with E-state index >= 15 is 0 Å². The van der Waals surface area contributed by atoms with Crippen LogP contribution in [0.2, 0.25) is 5.02 Å². The first-order valence-corrected chi connectivity index (χ1v) is 10.8. The zero-order chi connectivity index (χ0) is 23.4. The van der Waals surface area contributed by atoms with Crippen molar-refractivity contribution in [2.45, 2.75) is 20.4 Å². The Labute approximate surface area is 197 Å². The summed E-state index contributed by atoms with van der Waals surface area (Å²) in [5, 5.41) is 6.35. The summed E-state index contributed by atoms with van der Waals surface area (Å²) in [6.45, 7) is 4.53. The summed E-state index contributed by atoms with van der Waals surface area (Å²) in [5.41, 5.74) is 5.51. The molecule has 0 aliphatic rings. The Balaban J connectivity index is 1.36. The van der Waals surface area contributed by atoms with Crippen LogP contribution in [0.1, 0.15) is 37.5 Å². The van der Waals surface area contributed by atoms with Gasteiger partial charge in [-0.25, -0.2) is 4.98 Å². The second kappa shape index (κ2) is 9.71. The van der Waals surface area contributed by atoms with Crippen LogP contribution in [0.25, 0.3) is 0 Å². The lowest BCUT2D eigenvalue weighted by Crippen LogP contribution is -2.12. The maximum atomic E-state index is 12.6. The number of hydrogen-bond acceptors (Lipinski definition) is 3. The molecule has 0 aliphatic carbocycles. The lowest BCUT2D eigenvalue weighted by molar-refractivity contribution is 0.101. The minimum Gasteiger partial charge on any atom is -0.332 e. The highest BCUT2D eigenvalue weighted by Crippen LogP contribution is 2.16. The Morgan fingerprint density at radius 3 is 2.15 bits per heavy atom. The number of nitrogens with zero attached hydrogens (tertiary/aromatic N) is 2. The zero-order valence-electron chi connectivity index (χ0n) is 18.3. The number of rotatable bonds is 6. The van der Waals surface area contributed by atoms with Gasteiger partial charge in [0.25, 0.3) is 11.8 Å². The third-order valence-corrected chi connectivity index (χ3v) is 5.28. The Hall–Kier alpha value is -3.90. The van der Waals surface area contributed by atoms with Crippen molar-refractivity contribution >= 4 is 34.8 Å². The number of amides is 2. The van der Waals surface area contributed by atoms with E-state index in [2.05, 4.69) is 21.7 Å². The molecular formula is C26H23ClN4O2. The lowest BCUT2D eigenvalue weighted by atomic mass is 10.1. The van der Waals surface area contributed by atoms with E-state index in [-0.39, 0.29) is 11.8 Å². The fraction of sp³-hybridized carbons (Fsp3) is 0.115. The Kier molecular flexibility index (Phi) is 6.56. The number of aromatic nitrogens is 2. The van der Waals surface area contributed by atoms with E-state index in [1.54, 1.807) is 36.8 Å². The van der Waals surface area contributed by atoms with Crippen molar-refractivity contribution in [1.29, 1.82) is 0 Å². The predicted octanol–water partition coefficient (Wildman–Crippen LogP) is 5.71. The molecule has 0 aliphatic heterocycles. The molecule has 1 heterocycles. The Morgan fingerprint density at radius 2 is 1.48 bits per heavy atom. The van der Waals surface area contributed by atoms with Crippen molar-refractivity contribution < 1.29 is 9.59 Å². The number of carbonyl (C=O) groups excluding carboxylic acids is 2. The molecule has 33 heavy (non-hydrogen) atoms. The molecule has 166 valence electrons. The average molecular weight is 459 g/mol. The van der Waals surface area contributed by atoms with Crippen molar-refractivity contribution in [3.8, 4) is 0 Å². The van der Waals surface area contributed by atoms with Gasteiger partial charge in [-0.3, -0.25) is 9.59 Å². The van der Waals surface area contributed by atoms with Crippen LogP contribution in [0.4, 0.5) is 11.4 Å². The number of hydrogen-bond donors (Lipinski definition) is 2. The summed E-state index contributed by atoms with van der Waals surface area (Å²) in [4.78, 5) is 29.1. The molecule has 0 atom stereocenters. The van der Waals surface area contributed by atoms with E-state index in [4.69, 9.17) is 11.6 Å². The number of nitrogens with one attached hydrogen (secondary N) is 2. The zero-order valence-corrected chi connectivity index (χ0v) is 19.1. The minimum absolute atomic E-state index is 0.200. The summed E-state index contributed by atoms with van der Waals surface area (Å²) in [7, 11) is 0. The molecule has 2 N–H and O–H groups in total. The Morgan fingerprint density at radius 1 is 0.848 bits per heavy atom. The first-order valence-electron chi connectivity index (χ1n) is 10.4. The van der Waals surface area contributed by atoms with E-state index in [0.717, 1.165) is 22.4 Å². The molecule has 0 radical (unpaired) electrons. The first kappa shape index (κ1) is 22.3. The highest BCUT2D eigenvalue weighted by Gasteiger charge is 2.11. The van der Waals surface area contributed by atoms with Crippen LogP contribution in [0.3, 0.4) is 0 Å². The monoisotopic (exact) mass is 458 g/mol. The van der Waals surface area contributed by atoms with Gasteiger partial charge < -0.3 is 15.2 Å². The summed E-state index contributed by atoms with van der Waals surface area (Å²) in [6, 6.07) is 20.2. The quantitative estimate of drug-likeness (QED) is 0.388. The molecule has 4 rings (SSSR count). The molecule has 6 nitrogen and oxygen atoms in total. The van der Waals surface area contributed by atoms with Crippen molar-refractivity contribution in [1.82, 2.24) is 9.55 Å². The highest BCUT2D eigenvalue weighted by atomic mass is 35.5. The molecule has 0 saturated carbocycles. The molecule has 7 heteroatoms. The van der Waals surface area contributed by atoms with Gasteiger partial charge in [0.15, 0.2) is 0 Å². The molecule has 0 unspecified atom stereocenters. The van der Waals surface area contributed by atoms with Gasteiger partial charge in [-0.2, -0.15) is 0 Å². The van der Waals surface area contributed by atoms with Crippen LogP contribution < -0.4 is 10.6 Å². The van der Waals surface area contributed by atoms with Gasteiger partial charge in [0.1, 0.15) is 5.69 Å². The fourth-order valence-corrected chi connectivity index (χ4v) is 3.64. The van der Waals surface area contributed by atoms with Crippen LogP contribution in [0.5, 0.6) is 0 Å². The number of carbonyl (C=O) groups is 2. The predicted molar refractivity (Wildman–Crippen MR) is 131 cm³/mol. The number of aryl methyl sites for hydroxylation is 2. The largest absolute Gasteiger partial charge is 0.332 e. The summed E-state index contributed by atoms with van der Waals surface area (Å²) in [6.07, 6.45) is 3.35. The smallest absolute Gasteiger partial charge is 0.275 e. The summed E-state index contributed by atoms with van der Waals surface area (Å²) in [5.74, 6) is -0.451. The molecule has 1 aromatic heterocycles. The maximum Gasteiger partial charge on any atom is 0.275 e. The van der Waals surface area contributed by atoms with E-state index < -0.39 is 0 Å². The van der Waals surface area contributed by atoms with Crippen LogP contribution in [0, 0.1) is 13.8 Å². The van der Waals surface area contributed by atoms with Gasteiger partial charge in [-0.1, -0.05) is 29.8 Å². The number of anilines is 2. The molecular weight excluding hydrogens is 436 g/mol. The van der Waals surface area contributed by atoms with Crippen LogP contribution in [-0.2, 0) is 6.54 Å². The molecule has 0 bridgehead atoms. The third-order valence-electron chi connectivity index (χ3n) is 5.03. The second-order valence-corrected chi connectivity index (χ2v) is 8.36. The normalized spacial score (nSPS) is 10.6. The highest BCUT2D eigenvalue weighted by molar-refractivity contribution is 6.30. The Bertz CT molecular complexity index is 1270. The minimum atomic E-state index is -0.251. The lowest BCUT2D eigenvalue weighted by Gasteiger charge is -2.07. The second-order valence-electron chi connectivity index (χ2n) is 7.92. The van der Waals surface area contributed by atoms with Crippen LogP contribution >= 0.6 is 11.6 Å². The van der Waals surface area contributed by atoms with Crippen molar-refractivity contribution in [3.05, 3.63) is 112 Å². The molecule has 0 saturated heterocycles. The van der Waals surface area contributed by atoms with E-state index in [1.807, 2.05) is 54.8 Å². The molecule has 2 amide bonds. The summed E-state index contributed by atoms with van der Waals surface area (Å²) >= 11 is 5.87. The maximum absolute atomic E-state index is 12.6. The van der Waals surface area contributed by atoms with Crippen molar-refractivity contribution in [2.24, 2.45) is 0 Å². The fourth-order valence-electron chi connectivity index (χ4n) is 3.51. The van der Waals surface area contributed by atoms with Crippen LogP contribution in [0.15, 0.2) is 79.3 Å². The van der Waals surface area contributed by atoms with Gasteiger partial charge in [0, 0.05) is 34.7 Å². The molecule has 0 spiro atoms. The van der Waals surface area contributed by atoms with Gasteiger partial charge in [-0.05, 0) is 79.1 Å². The van der Waals surface area contributed by atoms with E-state index in [0.29, 0.717) is 28.5 Å². The number of halogens is 1.